The number of nitrogens with zero attached hydrogens (tertiary/aromatic N) is 1. The number of hydrogen-bond donors (Lipinski definition) is 3. The fourth-order valence-electron chi connectivity index (χ4n) is 3.70. The molecule has 0 bridgehead atoms. The molecule has 2 aliphatic heterocycles. The molecule has 3 atom stereocenters. The van der Waals surface area contributed by atoms with Gasteiger partial charge in [-0.05, 0) is 53.8 Å². The Labute approximate surface area is 152 Å². The van der Waals surface area contributed by atoms with Gasteiger partial charge in [0.2, 0.25) is 5.91 Å². The number of anilines is 1. The smallest absolute Gasteiger partial charge is 0.241 e. The SMILES string of the molecule is O=C(C1CC(c2ccsc2)NN1)N1CCCC(Nc2ccccc2)C1. The largest absolute Gasteiger partial charge is 0.381 e. The minimum Gasteiger partial charge on any atom is -0.381 e. The highest BCUT2D eigenvalue weighted by Gasteiger charge is 2.34. The lowest BCUT2D eigenvalue weighted by Gasteiger charge is -2.35. The van der Waals surface area contributed by atoms with Gasteiger partial charge >= 0.3 is 0 Å². The number of carbonyl (C=O) groups is 1. The number of rotatable bonds is 4. The molecule has 0 aliphatic carbocycles. The second-order valence-electron chi connectivity index (χ2n) is 6.82. The van der Waals surface area contributed by atoms with Gasteiger partial charge in [-0.3, -0.25) is 4.79 Å². The predicted molar refractivity (Wildman–Crippen MR) is 101 cm³/mol. The monoisotopic (exact) mass is 356 g/mol. The van der Waals surface area contributed by atoms with Crippen LogP contribution in [0.3, 0.4) is 0 Å². The van der Waals surface area contributed by atoms with Gasteiger partial charge in [-0.15, -0.1) is 0 Å². The van der Waals surface area contributed by atoms with Gasteiger partial charge in [0.25, 0.3) is 0 Å². The number of amides is 1. The molecule has 0 radical (unpaired) electrons. The summed E-state index contributed by atoms with van der Waals surface area (Å²) in [6.45, 7) is 1.63. The van der Waals surface area contributed by atoms with Crippen LogP contribution in [0, 0.1) is 0 Å². The maximum atomic E-state index is 12.9. The number of hydrogen-bond acceptors (Lipinski definition) is 5. The van der Waals surface area contributed by atoms with E-state index < -0.39 is 0 Å². The Kier molecular flexibility index (Phi) is 5.01. The van der Waals surface area contributed by atoms with Crippen LogP contribution < -0.4 is 16.2 Å². The summed E-state index contributed by atoms with van der Waals surface area (Å²) in [5, 5.41) is 7.78. The van der Waals surface area contributed by atoms with Crippen molar-refractivity contribution in [2.75, 3.05) is 18.4 Å². The standard InChI is InChI=1S/C19H24N4OS/c24-19(18-11-17(21-22-18)14-8-10-25-13-14)23-9-4-7-16(12-23)20-15-5-2-1-3-6-15/h1-3,5-6,8,10,13,16-18,20-22H,4,7,9,11-12H2. The van der Waals surface area contributed by atoms with E-state index in [-0.39, 0.29) is 18.0 Å². The number of thiophene rings is 1. The first-order valence-electron chi connectivity index (χ1n) is 8.93. The molecule has 2 fully saturated rings. The highest BCUT2D eigenvalue weighted by Crippen LogP contribution is 2.25. The van der Waals surface area contributed by atoms with Crippen LogP contribution in [0.2, 0.25) is 0 Å². The van der Waals surface area contributed by atoms with Gasteiger partial charge in [0.15, 0.2) is 0 Å². The molecule has 1 aromatic carbocycles. The molecule has 1 aromatic heterocycles. The molecule has 0 spiro atoms. The molecule has 3 unspecified atom stereocenters. The van der Waals surface area contributed by atoms with Gasteiger partial charge in [-0.25, -0.2) is 10.9 Å². The predicted octanol–water partition coefficient (Wildman–Crippen LogP) is 2.76. The Hall–Kier alpha value is -1.89. The van der Waals surface area contributed by atoms with Crippen LogP contribution in [-0.2, 0) is 4.79 Å². The van der Waals surface area contributed by atoms with Gasteiger partial charge in [0.1, 0.15) is 6.04 Å². The zero-order valence-corrected chi connectivity index (χ0v) is 15.0. The summed E-state index contributed by atoms with van der Waals surface area (Å²) in [5.74, 6) is 0.213. The zero-order chi connectivity index (χ0) is 17.1. The molecular weight excluding hydrogens is 332 g/mol. The first-order chi connectivity index (χ1) is 12.3. The first-order valence-corrected chi connectivity index (χ1v) is 9.87. The second kappa shape index (κ2) is 7.56. The summed E-state index contributed by atoms with van der Waals surface area (Å²) < 4.78 is 0. The van der Waals surface area contributed by atoms with E-state index in [1.807, 2.05) is 23.1 Å². The van der Waals surface area contributed by atoms with Crippen molar-refractivity contribution in [1.82, 2.24) is 15.8 Å². The van der Waals surface area contributed by atoms with Crippen LogP contribution in [0.15, 0.2) is 47.2 Å². The lowest BCUT2D eigenvalue weighted by Crippen LogP contribution is -2.51. The third kappa shape index (κ3) is 3.86. The van der Waals surface area contributed by atoms with E-state index in [1.165, 1.54) is 5.56 Å². The second-order valence-corrected chi connectivity index (χ2v) is 7.60. The van der Waals surface area contributed by atoms with Crippen molar-refractivity contribution in [3.05, 3.63) is 52.7 Å². The number of piperidine rings is 1. The maximum Gasteiger partial charge on any atom is 0.241 e. The van der Waals surface area contributed by atoms with Gasteiger partial charge < -0.3 is 10.2 Å². The lowest BCUT2D eigenvalue weighted by atomic mass is 10.0. The number of benzene rings is 1. The van der Waals surface area contributed by atoms with E-state index in [0.29, 0.717) is 6.04 Å². The summed E-state index contributed by atoms with van der Waals surface area (Å²) in [6, 6.07) is 12.8. The van der Waals surface area contributed by atoms with Gasteiger partial charge in [-0.1, -0.05) is 18.2 Å². The third-order valence-corrected chi connectivity index (χ3v) is 5.73. The van der Waals surface area contributed by atoms with Crippen molar-refractivity contribution in [2.24, 2.45) is 0 Å². The van der Waals surface area contributed by atoms with Gasteiger partial charge in [0.05, 0.1) is 0 Å². The molecular formula is C19H24N4OS. The summed E-state index contributed by atoms with van der Waals surface area (Å²) in [6.07, 6.45) is 2.96. The molecule has 25 heavy (non-hydrogen) atoms. The fraction of sp³-hybridized carbons (Fsp3) is 0.421. The summed E-state index contributed by atoms with van der Waals surface area (Å²) in [7, 11) is 0. The molecule has 2 aromatic rings. The highest BCUT2D eigenvalue weighted by molar-refractivity contribution is 7.07. The Balaban J connectivity index is 1.34. The maximum absolute atomic E-state index is 12.9. The quantitative estimate of drug-likeness (QED) is 0.788. The van der Waals surface area contributed by atoms with Crippen molar-refractivity contribution in [3.8, 4) is 0 Å². The van der Waals surface area contributed by atoms with Crippen LogP contribution in [0.25, 0.3) is 0 Å². The highest BCUT2D eigenvalue weighted by atomic mass is 32.1. The van der Waals surface area contributed by atoms with Crippen molar-refractivity contribution in [3.63, 3.8) is 0 Å². The van der Waals surface area contributed by atoms with E-state index in [2.05, 4.69) is 45.1 Å². The Morgan fingerprint density at radius 3 is 2.88 bits per heavy atom. The van der Waals surface area contributed by atoms with Gasteiger partial charge in [0, 0.05) is 30.9 Å². The van der Waals surface area contributed by atoms with Crippen LogP contribution in [0.5, 0.6) is 0 Å². The van der Waals surface area contributed by atoms with E-state index in [9.17, 15) is 4.79 Å². The van der Waals surface area contributed by atoms with Crippen LogP contribution in [0.4, 0.5) is 5.69 Å². The van der Waals surface area contributed by atoms with E-state index in [4.69, 9.17) is 0 Å². The number of likely N-dealkylation sites (tertiary alicyclic amines) is 1. The minimum atomic E-state index is -0.139. The number of carbonyl (C=O) groups excluding carboxylic acids is 1. The zero-order valence-electron chi connectivity index (χ0n) is 14.2. The molecule has 3 heterocycles. The molecule has 5 nitrogen and oxygen atoms in total. The van der Waals surface area contributed by atoms with E-state index in [0.717, 1.165) is 38.0 Å². The van der Waals surface area contributed by atoms with E-state index >= 15 is 0 Å². The molecule has 3 N–H and O–H groups in total. The fourth-order valence-corrected chi connectivity index (χ4v) is 4.41. The third-order valence-electron chi connectivity index (χ3n) is 5.02. The summed E-state index contributed by atoms with van der Waals surface area (Å²) in [5.41, 5.74) is 8.86. The topological polar surface area (TPSA) is 56.4 Å². The Morgan fingerprint density at radius 1 is 1.20 bits per heavy atom. The molecule has 132 valence electrons. The van der Waals surface area contributed by atoms with E-state index in [1.54, 1.807) is 11.3 Å². The minimum absolute atomic E-state index is 0.139. The van der Waals surface area contributed by atoms with Crippen molar-refractivity contribution < 1.29 is 4.79 Å². The van der Waals surface area contributed by atoms with Crippen molar-refractivity contribution in [1.29, 1.82) is 0 Å². The lowest BCUT2D eigenvalue weighted by molar-refractivity contribution is -0.134. The Bertz CT molecular complexity index is 691. The van der Waals surface area contributed by atoms with Crippen LogP contribution in [0.1, 0.15) is 30.9 Å². The first kappa shape index (κ1) is 16.6. The Morgan fingerprint density at radius 2 is 2.08 bits per heavy atom. The van der Waals surface area contributed by atoms with Gasteiger partial charge in [-0.2, -0.15) is 11.3 Å². The normalized spacial score (nSPS) is 26.6. The molecule has 2 saturated heterocycles. The van der Waals surface area contributed by atoms with Crippen LogP contribution >= 0.6 is 11.3 Å². The molecule has 0 saturated carbocycles. The summed E-state index contributed by atoms with van der Waals surface area (Å²) in [4.78, 5) is 14.9. The number of nitrogens with one attached hydrogen (secondary N) is 3. The van der Waals surface area contributed by atoms with Crippen LogP contribution in [-0.4, -0.2) is 36.0 Å². The summed E-state index contributed by atoms with van der Waals surface area (Å²) >= 11 is 1.69. The average Bonchev–Trinajstić information content (AvgIpc) is 3.34. The van der Waals surface area contributed by atoms with Crippen molar-refractivity contribution in [2.45, 2.75) is 37.4 Å². The molecule has 1 amide bonds. The molecule has 6 heteroatoms. The number of hydrazine groups is 1. The number of para-hydroxylation sites is 1. The van der Waals surface area contributed by atoms with Crippen molar-refractivity contribution >= 4 is 22.9 Å². The molecule has 2 aliphatic rings. The average molecular weight is 356 g/mol. The molecule has 4 rings (SSSR count).